The largest absolute Gasteiger partial charge is 0.329 e. The summed E-state index contributed by atoms with van der Waals surface area (Å²) in [5, 5.41) is 1.95. The molecule has 1 N–H and O–H groups in total. The molecule has 1 saturated heterocycles. The lowest BCUT2D eigenvalue weighted by atomic mass is 10.2. The number of nitrogens with zero attached hydrogens (tertiary/aromatic N) is 2. The van der Waals surface area contributed by atoms with Gasteiger partial charge in [0.05, 0.1) is 13.1 Å². The van der Waals surface area contributed by atoms with Crippen molar-refractivity contribution >= 4 is 23.3 Å². The van der Waals surface area contributed by atoms with E-state index in [4.69, 9.17) is 0 Å². The maximum absolute atomic E-state index is 12.5. The molecule has 0 aromatic carbocycles. The van der Waals surface area contributed by atoms with E-state index in [0.29, 0.717) is 18.7 Å². The van der Waals surface area contributed by atoms with E-state index in [1.807, 2.05) is 17.5 Å². The molecule has 7 heteroatoms. The highest BCUT2D eigenvalue weighted by Crippen LogP contribution is 2.18. The number of aromatic nitrogens is 1. The Labute approximate surface area is 131 Å². The summed E-state index contributed by atoms with van der Waals surface area (Å²) in [7, 11) is 0. The smallest absolute Gasteiger partial charge is 0.327 e. The monoisotopic (exact) mass is 317 g/mol. The molecule has 114 valence electrons. The Hall–Kier alpha value is -2.41. The van der Waals surface area contributed by atoms with E-state index < -0.39 is 0 Å². The lowest BCUT2D eigenvalue weighted by Gasteiger charge is -2.33. The number of imide groups is 1. The van der Waals surface area contributed by atoms with Crippen molar-refractivity contribution in [2.75, 3.05) is 6.54 Å². The van der Waals surface area contributed by atoms with Gasteiger partial charge in [-0.1, -0.05) is 12.1 Å². The summed E-state index contributed by atoms with van der Waals surface area (Å²) < 4.78 is 0. The molecule has 2 aromatic rings. The van der Waals surface area contributed by atoms with Gasteiger partial charge in [0.25, 0.3) is 5.56 Å². The van der Waals surface area contributed by atoms with E-state index in [2.05, 4.69) is 4.98 Å². The van der Waals surface area contributed by atoms with Crippen LogP contribution in [0.2, 0.25) is 0 Å². The van der Waals surface area contributed by atoms with Crippen molar-refractivity contribution in [3.63, 3.8) is 0 Å². The van der Waals surface area contributed by atoms with E-state index in [0.717, 1.165) is 9.78 Å². The fraction of sp³-hybridized carbons (Fsp3) is 0.267. The van der Waals surface area contributed by atoms with Crippen LogP contribution < -0.4 is 5.56 Å². The first kappa shape index (κ1) is 14.5. The molecule has 0 bridgehead atoms. The quantitative estimate of drug-likeness (QED) is 0.934. The Balaban J connectivity index is 1.77. The van der Waals surface area contributed by atoms with Crippen LogP contribution in [0.1, 0.15) is 16.9 Å². The number of carbonyl (C=O) groups is 2. The molecule has 0 spiro atoms. The van der Waals surface area contributed by atoms with Crippen molar-refractivity contribution in [3.8, 4) is 0 Å². The van der Waals surface area contributed by atoms with Gasteiger partial charge in [0, 0.05) is 29.6 Å². The predicted molar refractivity (Wildman–Crippen MR) is 82.4 cm³/mol. The number of thiophene rings is 1. The van der Waals surface area contributed by atoms with Crippen LogP contribution in [0.5, 0.6) is 0 Å². The normalized spacial score (nSPS) is 15.5. The molecule has 1 aliphatic rings. The minimum atomic E-state index is -0.340. The van der Waals surface area contributed by atoms with E-state index in [1.165, 1.54) is 6.20 Å². The summed E-state index contributed by atoms with van der Waals surface area (Å²) in [6.45, 7) is 0.914. The van der Waals surface area contributed by atoms with E-state index in [9.17, 15) is 14.4 Å². The molecule has 3 rings (SSSR count). The van der Waals surface area contributed by atoms with Gasteiger partial charge >= 0.3 is 6.03 Å². The maximum atomic E-state index is 12.5. The number of pyridine rings is 1. The third kappa shape index (κ3) is 2.94. The van der Waals surface area contributed by atoms with Crippen LogP contribution >= 0.6 is 11.3 Å². The molecule has 0 saturated carbocycles. The van der Waals surface area contributed by atoms with Gasteiger partial charge in [0.1, 0.15) is 0 Å². The van der Waals surface area contributed by atoms with Crippen molar-refractivity contribution in [2.24, 2.45) is 0 Å². The van der Waals surface area contributed by atoms with Crippen LogP contribution in [0.25, 0.3) is 0 Å². The van der Waals surface area contributed by atoms with Gasteiger partial charge < -0.3 is 9.88 Å². The van der Waals surface area contributed by atoms with Crippen LogP contribution in [-0.2, 0) is 17.9 Å². The van der Waals surface area contributed by atoms with E-state index >= 15 is 0 Å². The average molecular weight is 317 g/mol. The summed E-state index contributed by atoms with van der Waals surface area (Å²) in [4.78, 5) is 42.7. The fourth-order valence-electron chi connectivity index (χ4n) is 2.38. The van der Waals surface area contributed by atoms with Crippen LogP contribution in [0.4, 0.5) is 4.79 Å². The summed E-state index contributed by atoms with van der Waals surface area (Å²) in [6.07, 6.45) is 1.80. The molecule has 0 aliphatic carbocycles. The third-order valence-corrected chi connectivity index (χ3v) is 4.41. The predicted octanol–water partition coefficient (Wildman–Crippen LogP) is 1.79. The van der Waals surface area contributed by atoms with Gasteiger partial charge in [0.15, 0.2) is 0 Å². The zero-order valence-electron chi connectivity index (χ0n) is 11.8. The molecular weight excluding hydrogens is 302 g/mol. The SMILES string of the molecule is O=C1CCN(Cc2cccs2)C(=O)N1Cc1ccc[nH]c1=O. The molecule has 0 radical (unpaired) electrons. The zero-order valence-corrected chi connectivity index (χ0v) is 12.6. The van der Waals surface area contributed by atoms with Crippen LogP contribution in [0.15, 0.2) is 40.6 Å². The van der Waals surface area contributed by atoms with Gasteiger partial charge in [-0.15, -0.1) is 11.3 Å². The topological polar surface area (TPSA) is 73.5 Å². The van der Waals surface area contributed by atoms with Gasteiger partial charge in [-0.05, 0) is 17.5 Å². The Morgan fingerprint density at radius 1 is 1.14 bits per heavy atom. The molecule has 6 nitrogen and oxygen atoms in total. The van der Waals surface area contributed by atoms with Crippen LogP contribution in [0, 0.1) is 0 Å². The highest BCUT2D eigenvalue weighted by molar-refractivity contribution is 7.09. The molecule has 2 aromatic heterocycles. The Kier molecular flexibility index (Phi) is 4.06. The number of hydrogen-bond donors (Lipinski definition) is 1. The first-order valence-electron chi connectivity index (χ1n) is 6.93. The highest BCUT2D eigenvalue weighted by Gasteiger charge is 2.32. The third-order valence-electron chi connectivity index (χ3n) is 3.55. The van der Waals surface area contributed by atoms with Gasteiger partial charge in [-0.25, -0.2) is 4.79 Å². The second kappa shape index (κ2) is 6.15. The van der Waals surface area contributed by atoms with Crippen molar-refractivity contribution < 1.29 is 9.59 Å². The summed E-state index contributed by atoms with van der Waals surface area (Å²) >= 11 is 1.57. The zero-order chi connectivity index (χ0) is 15.5. The number of aromatic amines is 1. The van der Waals surface area contributed by atoms with Crippen LogP contribution in [0.3, 0.4) is 0 Å². The summed E-state index contributed by atoms with van der Waals surface area (Å²) in [5.74, 6) is -0.240. The first-order chi connectivity index (χ1) is 10.6. The number of urea groups is 1. The number of hydrogen-bond acceptors (Lipinski definition) is 4. The van der Waals surface area contributed by atoms with Crippen molar-refractivity contribution in [1.82, 2.24) is 14.8 Å². The summed E-state index contributed by atoms with van der Waals surface area (Å²) in [5.41, 5.74) is 0.126. The molecule has 0 unspecified atom stereocenters. The minimum Gasteiger partial charge on any atom is -0.329 e. The Morgan fingerprint density at radius 2 is 2.00 bits per heavy atom. The molecule has 3 amide bonds. The summed E-state index contributed by atoms with van der Waals surface area (Å²) in [6, 6.07) is 6.85. The number of amides is 3. The first-order valence-corrected chi connectivity index (χ1v) is 7.81. The molecular formula is C15H15N3O3S. The Bertz CT molecular complexity index is 738. The maximum Gasteiger partial charge on any atom is 0.327 e. The molecule has 22 heavy (non-hydrogen) atoms. The van der Waals surface area contributed by atoms with Crippen LogP contribution in [-0.4, -0.2) is 33.3 Å². The molecule has 3 heterocycles. The lowest BCUT2D eigenvalue weighted by molar-refractivity contribution is -0.131. The van der Waals surface area contributed by atoms with Crippen molar-refractivity contribution in [1.29, 1.82) is 0 Å². The Morgan fingerprint density at radius 3 is 2.73 bits per heavy atom. The minimum absolute atomic E-state index is 0.00871. The number of H-pyrrole nitrogens is 1. The van der Waals surface area contributed by atoms with Crippen molar-refractivity contribution in [3.05, 3.63) is 56.6 Å². The molecule has 1 aliphatic heterocycles. The number of nitrogens with one attached hydrogen (secondary N) is 1. The van der Waals surface area contributed by atoms with E-state index in [-0.39, 0.29) is 30.5 Å². The number of rotatable bonds is 4. The van der Waals surface area contributed by atoms with Gasteiger partial charge in [0.2, 0.25) is 5.91 Å². The standard InChI is InChI=1S/C15H15N3O3S/c19-13-5-7-17(10-12-4-2-8-22-12)15(21)18(13)9-11-3-1-6-16-14(11)20/h1-4,6,8H,5,7,9-10H2,(H,16,20). The van der Waals surface area contributed by atoms with E-state index in [1.54, 1.807) is 28.4 Å². The highest BCUT2D eigenvalue weighted by atomic mass is 32.1. The van der Waals surface area contributed by atoms with Gasteiger partial charge in [-0.3, -0.25) is 14.5 Å². The van der Waals surface area contributed by atoms with Crippen molar-refractivity contribution in [2.45, 2.75) is 19.5 Å². The second-order valence-electron chi connectivity index (χ2n) is 5.04. The number of carbonyl (C=O) groups excluding carboxylic acids is 2. The second-order valence-corrected chi connectivity index (χ2v) is 6.07. The molecule has 1 fully saturated rings. The van der Waals surface area contributed by atoms with Gasteiger partial charge in [-0.2, -0.15) is 0 Å². The average Bonchev–Trinajstić information content (AvgIpc) is 3.01. The lowest BCUT2D eigenvalue weighted by Crippen LogP contribution is -2.51. The molecule has 0 atom stereocenters. The fourth-order valence-corrected chi connectivity index (χ4v) is 3.10.